The van der Waals surface area contributed by atoms with Crippen molar-refractivity contribution in [2.24, 2.45) is 0 Å². The molecule has 0 aliphatic rings. The van der Waals surface area contributed by atoms with Crippen LogP contribution >= 0.6 is 11.6 Å². The van der Waals surface area contributed by atoms with Crippen molar-refractivity contribution in [1.29, 1.82) is 0 Å². The smallest absolute Gasteiger partial charge is 0.237 e. The summed E-state index contributed by atoms with van der Waals surface area (Å²) >= 11 is 5.83. The SMILES string of the molecule is CCCNc1ncc(Cl)c(OCC)n1. The van der Waals surface area contributed by atoms with Gasteiger partial charge in [-0.1, -0.05) is 18.5 Å². The van der Waals surface area contributed by atoms with Crippen LogP contribution in [0.3, 0.4) is 0 Å². The Kier molecular flexibility index (Phi) is 4.46. The highest BCUT2D eigenvalue weighted by Crippen LogP contribution is 2.21. The summed E-state index contributed by atoms with van der Waals surface area (Å²) in [6.07, 6.45) is 2.56. The van der Waals surface area contributed by atoms with E-state index in [0.717, 1.165) is 13.0 Å². The Balaban J connectivity index is 2.72. The molecule has 1 N–H and O–H groups in total. The van der Waals surface area contributed by atoms with Crippen molar-refractivity contribution in [2.75, 3.05) is 18.5 Å². The van der Waals surface area contributed by atoms with Crippen molar-refractivity contribution in [3.8, 4) is 5.88 Å². The molecule has 0 amide bonds. The number of aromatic nitrogens is 2. The summed E-state index contributed by atoms with van der Waals surface area (Å²) in [5.74, 6) is 0.988. The highest BCUT2D eigenvalue weighted by Gasteiger charge is 2.04. The summed E-state index contributed by atoms with van der Waals surface area (Å²) < 4.78 is 5.23. The Morgan fingerprint density at radius 3 is 2.93 bits per heavy atom. The van der Waals surface area contributed by atoms with Gasteiger partial charge in [0, 0.05) is 6.54 Å². The molecule has 1 aromatic rings. The van der Waals surface area contributed by atoms with Gasteiger partial charge in [0.05, 0.1) is 12.8 Å². The van der Waals surface area contributed by atoms with Gasteiger partial charge in [-0.25, -0.2) is 4.98 Å². The second-order valence-electron chi connectivity index (χ2n) is 2.71. The number of anilines is 1. The van der Waals surface area contributed by atoms with E-state index in [1.807, 2.05) is 6.92 Å². The van der Waals surface area contributed by atoms with Crippen molar-refractivity contribution >= 4 is 17.5 Å². The molecule has 4 nitrogen and oxygen atoms in total. The maximum absolute atomic E-state index is 5.83. The van der Waals surface area contributed by atoms with Crippen LogP contribution in [0.2, 0.25) is 5.02 Å². The molecule has 0 fully saturated rings. The van der Waals surface area contributed by atoms with E-state index in [4.69, 9.17) is 16.3 Å². The lowest BCUT2D eigenvalue weighted by Crippen LogP contribution is -2.05. The van der Waals surface area contributed by atoms with Gasteiger partial charge in [-0.15, -0.1) is 0 Å². The van der Waals surface area contributed by atoms with Crippen LogP contribution in [-0.4, -0.2) is 23.1 Å². The van der Waals surface area contributed by atoms with Gasteiger partial charge in [-0.2, -0.15) is 4.98 Å². The van der Waals surface area contributed by atoms with Gasteiger partial charge in [0.2, 0.25) is 11.8 Å². The lowest BCUT2D eigenvalue weighted by molar-refractivity contribution is 0.327. The Morgan fingerprint density at radius 2 is 2.29 bits per heavy atom. The van der Waals surface area contributed by atoms with Crippen LogP contribution in [0.4, 0.5) is 5.95 Å². The summed E-state index contributed by atoms with van der Waals surface area (Å²) in [5, 5.41) is 3.50. The summed E-state index contributed by atoms with van der Waals surface area (Å²) in [4.78, 5) is 8.15. The molecule has 0 saturated heterocycles. The normalized spacial score (nSPS) is 9.93. The molecule has 0 spiro atoms. The predicted molar refractivity (Wildman–Crippen MR) is 57.0 cm³/mol. The predicted octanol–water partition coefficient (Wildman–Crippen LogP) is 2.35. The minimum absolute atomic E-state index is 0.433. The maximum Gasteiger partial charge on any atom is 0.237 e. The number of nitrogens with zero attached hydrogens (tertiary/aromatic N) is 2. The van der Waals surface area contributed by atoms with E-state index in [1.54, 1.807) is 0 Å². The highest BCUT2D eigenvalue weighted by molar-refractivity contribution is 6.31. The van der Waals surface area contributed by atoms with E-state index in [1.165, 1.54) is 6.20 Å². The maximum atomic E-state index is 5.83. The monoisotopic (exact) mass is 215 g/mol. The summed E-state index contributed by atoms with van der Waals surface area (Å²) in [6.45, 7) is 5.35. The largest absolute Gasteiger partial charge is 0.477 e. The average molecular weight is 216 g/mol. The number of halogens is 1. The molecule has 0 atom stereocenters. The third-order valence-corrected chi connectivity index (χ3v) is 1.79. The van der Waals surface area contributed by atoms with E-state index in [-0.39, 0.29) is 0 Å². The molecule has 1 rings (SSSR count). The summed E-state index contributed by atoms with van der Waals surface area (Å²) in [5.41, 5.74) is 0. The van der Waals surface area contributed by atoms with Gasteiger partial charge in [0.1, 0.15) is 5.02 Å². The molecule has 5 heteroatoms. The zero-order valence-corrected chi connectivity index (χ0v) is 9.14. The third-order valence-electron chi connectivity index (χ3n) is 1.53. The Hall–Kier alpha value is -1.03. The molecule has 14 heavy (non-hydrogen) atoms. The fourth-order valence-electron chi connectivity index (χ4n) is 0.911. The van der Waals surface area contributed by atoms with Crippen LogP contribution in [0.25, 0.3) is 0 Å². The van der Waals surface area contributed by atoms with Crippen LogP contribution in [0, 0.1) is 0 Å². The van der Waals surface area contributed by atoms with Gasteiger partial charge in [0.25, 0.3) is 0 Å². The van der Waals surface area contributed by atoms with Gasteiger partial charge >= 0.3 is 0 Å². The first-order valence-corrected chi connectivity index (χ1v) is 5.05. The minimum Gasteiger partial charge on any atom is -0.477 e. The van der Waals surface area contributed by atoms with E-state index in [0.29, 0.717) is 23.5 Å². The Bertz CT molecular complexity index is 293. The zero-order chi connectivity index (χ0) is 10.4. The first-order chi connectivity index (χ1) is 6.77. The van der Waals surface area contributed by atoms with E-state index in [2.05, 4.69) is 22.2 Å². The Labute approximate surface area is 88.7 Å². The summed E-state index contributed by atoms with van der Waals surface area (Å²) in [6, 6.07) is 0. The molecule has 1 heterocycles. The van der Waals surface area contributed by atoms with Crippen LogP contribution in [0.15, 0.2) is 6.20 Å². The zero-order valence-electron chi connectivity index (χ0n) is 8.38. The Morgan fingerprint density at radius 1 is 1.50 bits per heavy atom. The van der Waals surface area contributed by atoms with Gasteiger partial charge in [0.15, 0.2) is 0 Å². The molecule has 0 saturated carbocycles. The van der Waals surface area contributed by atoms with Gasteiger partial charge in [-0.05, 0) is 13.3 Å². The molecule has 0 radical (unpaired) electrons. The highest BCUT2D eigenvalue weighted by atomic mass is 35.5. The first-order valence-electron chi connectivity index (χ1n) is 4.67. The first kappa shape index (κ1) is 11.0. The fourth-order valence-corrected chi connectivity index (χ4v) is 1.06. The number of ether oxygens (including phenoxy) is 1. The topological polar surface area (TPSA) is 47.0 Å². The van der Waals surface area contributed by atoms with Crippen molar-refractivity contribution in [1.82, 2.24) is 9.97 Å². The van der Waals surface area contributed by atoms with Crippen LogP contribution in [0.1, 0.15) is 20.3 Å². The molecule has 1 aromatic heterocycles. The molecule has 0 bridgehead atoms. The molecule has 0 aliphatic heterocycles. The summed E-state index contributed by atoms with van der Waals surface area (Å²) in [7, 11) is 0. The quantitative estimate of drug-likeness (QED) is 0.819. The van der Waals surface area contributed by atoms with Crippen LogP contribution in [0.5, 0.6) is 5.88 Å². The molecular formula is C9H14ClN3O. The van der Waals surface area contributed by atoms with Crippen LogP contribution < -0.4 is 10.1 Å². The molecule has 0 unspecified atom stereocenters. The number of hydrogen-bond donors (Lipinski definition) is 1. The van der Waals surface area contributed by atoms with Crippen molar-refractivity contribution < 1.29 is 4.74 Å². The van der Waals surface area contributed by atoms with Gasteiger partial charge < -0.3 is 10.1 Å². The number of nitrogens with one attached hydrogen (secondary N) is 1. The second-order valence-corrected chi connectivity index (χ2v) is 3.11. The lowest BCUT2D eigenvalue weighted by Gasteiger charge is -2.06. The molecule has 0 aromatic carbocycles. The van der Waals surface area contributed by atoms with E-state index >= 15 is 0 Å². The van der Waals surface area contributed by atoms with Gasteiger partial charge in [-0.3, -0.25) is 0 Å². The van der Waals surface area contributed by atoms with Crippen molar-refractivity contribution in [3.05, 3.63) is 11.2 Å². The van der Waals surface area contributed by atoms with E-state index in [9.17, 15) is 0 Å². The lowest BCUT2D eigenvalue weighted by atomic mass is 10.5. The van der Waals surface area contributed by atoms with Crippen LogP contribution in [-0.2, 0) is 0 Å². The van der Waals surface area contributed by atoms with Crippen molar-refractivity contribution in [3.63, 3.8) is 0 Å². The molecule has 78 valence electrons. The standard InChI is InChI=1S/C9H14ClN3O/c1-3-5-11-9-12-6-7(10)8(13-9)14-4-2/h6H,3-5H2,1-2H3,(H,11,12,13). The number of hydrogen-bond acceptors (Lipinski definition) is 4. The fraction of sp³-hybridized carbons (Fsp3) is 0.556. The molecular weight excluding hydrogens is 202 g/mol. The average Bonchev–Trinajstić information content (AvgIpc) is 2.19. The van der Waals surface area contributed by atoms with E-state index < -0.39 is 0 Å². The number of rotatable bonds is 5. The molecule has 0 aliphatic carbocycles. The van der Waals surface area contributed by atoms with Crippen molar-refractivity contribution in [2.45, 2.75) is 20.3 Å². The third kappa shape index (κ3) is 3.03. The second kappa shape index (κ2) is 5.65. The minimum atomic E-state index is 0.433.